The fourth-order valence-electron chi connectivity index (χ4n) is 1.43. The lowest BCUT2D eigenvalue weighted by Crippen LogP contribution is -2.49. The number of alkyl halides is 1. The summed E-state index contributed by atoms with van der Waals surface area (Å²) in [6, 6.07) is -0.0270. The van der Waals surface area contributed by atoms with Gasteiger partial charge in [-0.15, -0.1) is 0 Å². The topological polar surface area (TPSA) is 47.6 Å². The second kappa shape index (κ2) is 8.33. The van der Waals surface area contributed by atoms with Crippen molar-refractivity contribution in [1.82, 2.24) is 5.32 Å². The normalized spacial score (nSPS) is 16.1. The first-order valence-electron chi connectivity index (χ1n) is 7.89. The Bertz CT molecular complexity index is 361. The second-order valence-corrected chi connectivity index (χ2v) is 14.1. The van der Waals surface area contributed by atoms with Crippen molar-refractivity contribution in [1.29, 1.82) is 0 Å². The van der Waals surface area contributed by atoms with Crippen LogP contribution in [0, 0.1) is 5.92 Å². The third-order valence-electron chi connectivity index (χ3n) is 4.06. The van der Waals surface area contributed by atoms with Crippen LogP contribution in [0.15, 0.2) is 0 Å². The van der Waals surface area contributed by atoms with Crippen LogP contribution in [0.1, 0.15) is 48.5 Å². The molecule has 0 bridgehead atoms. The molecule has 0 aromatic rings. The van der Waals surface area contributed by atoms with Crippen LogP contribution in [0.5, 0.6) is 0 Å². The van der Waals surface area contributed by atoms with Crippen molar-refractivity contribution in [3.63, 3.8) is 0 Å². The van der Waals surface area contributed by atoms with E-state index in [1.165, 1.54) is 0 Å². The van der Waals surface area contributed by atoms with Crippen LogP contribution in [0.4, 0.5) is 4.79 Å². The summed E-state index contributed by atoms with van der Waals surface area (Å²) in [6.45, 7) is 19.4. The number of carbonyl (C=O) groups is 1. The molecule has 6 heteroatoms. The summed E-state index contributed by atoms with van der Waals surface area (Å²) >= 11 is 2.34. The summed E-state index contributed by atoms with van der Waals surface area (Å²) in [7, 11) is -1.82. The first kappa shape index (κ1) is 22.2. The number of nitrogens with one attached hydrogen (secondary N) is 1. The molecule has 0 aromatic heterocycles. The first-order valence-corrected chi connectivity index (χ1v) is 12.3. The van der Waals surface area contributed by atoms with Crippen molar-refractivity contribution < 1.29 is 14.0 Å². The Morgan fingerprint density at radius 2 is 1.68 bits per heavy atom. The highest BCUT2D eigenvalue weighted by molar-refractivity contribution is 14.1. The van der Waals surface area contributed by atoms with E-state index in [-0.39, 0.29) is 17.2 Å². The molecular formula is C16H34INO3Si. The zero-order valence-corrected chi connectivity index (χ0v) is 18.8. The van der Waals surface area contributed by atoms with Crippen molar-refractivity contribution in [3.05, 3.63) is 0 Å². The summed E-state index contributed by atoms with van der Waals surface area (Å²) < 4.78 is 12.6. The van der Waals surface area contributed by atoms with Gasteiger partial charge >= 0.3 is 6.09 Å². The number of carbonyl (C=O) groups excluding carboxylic acids is 1. The van der Waals surface area contributed by atoms with Gasteiger partial charge in [-0.25, -0.2) is 4.79 Å². The maximum atomic E-state index is 12.0. The lowest BCUT2D eigenvalue weighted by Gasteiger charge is -2.38. The van der Waals surface area contributed by atoms with Gasteiger partial charge in [0.05, 0.1) is 12.6 Å². The molecule has 0 rings (SSSR count). The van der Waals surface area contributed by atoms with Gasteiger partial charge in [0.1, 0.15) is 5.60 Å². The molecule has 0 heterocycles. The minimum absolute atomic E-state index is 0.0270. The lowest BCUT2D eigenvalue weighted by atomic mass is 10.1. The summed E-state index contributed by atoms with van der Waals surface area (Å²) in [6.07, 6.45) is -0.368. The minimum Gasteiger partial charge on any atom is -0.444 e. The molecule has 0 fully saturated rings. The molecule has 2 atom stereocenters. The number of amides is 1. The Morgan fingerprint density at radius 3 is 2.05 bits per heavy atom. The van der Waals surface area contributed by atoms with E-state index in [9.17, 15) is 4.79 Å². The van der Waals surface area contributed by atoms with Gasteiger partial charge in [0.2, 0.25) is 0 Å². The molecule has 0 radical (unpaired) electrons. The van der Waals surface area contributed by atoms with Crippen molar-refractivity contribution in [3.8, 4) is 0 Å². The van der Waals surface area contributed by atoms with Gasteiger partial charge in [0, 0.05) is 4.43 Å². The first-order chi connectivity index (χ1) is 9.69. The van der Waals surface area contributed by atoms with Gasteiger partial charge < -0.3 is 14.5 Å². The monoisotopic (exact) mass is 443 g/mol. The van der Waals surface area contributed by atoms with E-state index in [0.717, 1.165) is 4.43 Å². The number of hydrogen-bond donors (Lipinski definition) is 1. The lowest BCUT2D eigenvalue weighted by molar-refractivity contribution is 0.0467. The van der Waals surface area contributed by atoms with Gasteiger partial charge in [-0.05, 0) is 44.8 Å². The minimum atomic E-state index is -1.82. The van der Waals surface area contributed by atoms with Crippen molar-refractivity contribution >= 4 is 37.0 Å². The maximum Gasteiger partial charge on any atom is 0.407 e. The zero-order valence-electron chi connectivity index (χ0n) is 15.7. The van der Waals surface area contributed by atoms with E-state index < -0.39 is 13.9 Å². The van der Waals surface area contributed by atoms with Crippen LogP contribution in [-0.2, 0) is 9.16 Å². The van der Waals surface area contributed by atoms with E-state index in [1.54, 1.807) is 0 Å². The van der Waals surface area contributed by atoms with Crippen molar-refractivity contribution in [2.75, 3.05) is 11.0 Å². The Labute approximate surface area is 151 Å². The van der Waals surface area contributed by atoms with Gasteiger partial charge in [-0.2, -0.15) is 0 Å². The zero-order chi connectivity index (χ0) is 17.8. The van der Waals surface area contributed by atoms with E-state index in [1.807, 2.05) is 20.8 Å². The summed E-state index contributed by atoms with van der Waals surface area (Å²) in [4.78, 5) is 12.0. The Hall–Kier alpha value is 0.177. The molecule has 1 amide bonds. The fourth-order valence-corrected chi connectivity index (χ4v) is 3.07. The standard InChI is InChI=1S/C16H34INO3Si/c1-12(10-17)13(18-14(19)21-15(2,3)4)11-20-22(8,9)16(5,6)7/h12-13H,10-11H2,1-9H3,(H,18,19)/t12-,13-/m0/s1. The quantitative estimate of drug-likeness (QED) is 0.358. The second-order valence-electron chi connectivity index (χ2n) is 8.46. The molecule has 4 nitrogen and oxygen atoms in total. The Morgan fingerprint density at radius 1 is 1.18 bits per heavy atom. The van der Waals surface area contributed by atoms with Crippen LogP contribution in [0.3, 0.4) is 0 Å². The molecule has 0 aliphatic heterocycles. The number of alkyl carbamates (subject to hydrolysis) is 1. The molecule has 0 aromatic carbocycles. The molecule has 0 aliphatic rings. The number of halogens is 1. The van der Waals surface area contributed by atoms with E-state index >= 15 is 0 Å². The summed E-state index contributed by atoms with van der Waals surface area (Å²) in [5, 5.41) is 3.14. The highest BCUT2D eigenvalue weighted by Crippen LogP contribution is 2.36. The average Bonchev–Trinajstić information content (AvgIpc) is 2.29. The Balaban J connectivity index is 4.78. The molecule has 0 aliphatic carbocycles. The highest BCUT2D eigenvalue weighted by Gasteiger charge is 2.38. The Kier molecular flexibility index (Phi) is 8.39. The molecule has 1 N–H and O–H groups in total. The third-order valence-corrected chi connectivity index (χ3v) is 9.95. The van der Waals surface area contributed by atoms with Gasteiger partial charge in [0.25, 0.3) is 0 Å². The molecule has 0 unspecified atom stereocenters. The van der Waals surface area contributed by atoms with Crippen molar-refractivity contribution in [2.24, 2.45) is 5.92 Å². The number of ether oxygens (including phenoxy) is 1. The molecular weight excluding hydrogens is 409 g/mol. The van der Waals surface area contributed by atoms with Crippen LogP contribution >= 0.6 is 22.6 Å². The highest BCUT2D eigenvalue weighted by atomic mass is 127. The van der Waals surface area contributed by atoms with E-state index in [2.05, 4.69) is 68.7 Å². The number of hydrogen-bond acceptors (Lipinski definition) is 3. The largest absolute Gasteiger partial charge is 0.444 e. The third kappa shape index (κ3) is 8.15. The smallest absolute Gasteiger partial charge is 0.407 e. The van der Waals surface area contributed by atoms with Crippen LogP contribution < -0.4 is 5.32 Å². The average molecular weight is 443 g/mol. The van der Waals surface area contributed by atoms with Gasteiger partial charge in [-0.3, -0.25) is 0 Å². The fraction of sp³-hybridized carbons (Fsp3) is 0.938. The SMILES string of the molecule is C[C@@H](CI)[C@H](CO[Si](C)(C)C(C)(C)C)NC(=O)OC(C)(C)C. The predicted molar refractivity (Wildman–Crippen MR) is 104 cm³/mol. The number of rotatable bonds is 6. The molecule has 132 valence electrons. The molecule has 0 saturated heterocycles. The predicted octanol–water partition coefficient (Wildman–Crippen LogP) is 4.97. The van der Waals surface area contributed by atoms with E-state index in [0.29, 0.717) is 12.5 Å². The van der Waals surface area contributed by atoms with Crippen LogP contribution in [0.2, 0.25) is 18.1 Å². The van der Waals surface area contributed by atoms with Gasteiger partial charge in [0.15, 0.2) is 8.32 Å². The van der Waals surface area contributed by atoms with Crippen LogP contribution in [-0.4, -0.2) is 37.1 Å². The molecule has 0 spiro atoms. The van der Waals surface area contributed by atoms with Crippen LogP contribution in [0.25, 0.3) is 0 Å². The summed E-state index contributed by atoms with van der Waals surface area (Å²) in [5.74, 6) is 0.331. The summed E-state index contributed by atoms with van der Waals surface area (Å²) in [5.41, 5.74) is -0.484. The molecule has 0 saturated carbocycles. The van der Waals surface area contributed by atoms with E-state index in [4.69, 9.17) is 9.16 Å². The maximum absolute atomic E-state index is 12.0. The van der Waals surface area contributed by atoms with Gasteiger partial charge in [-0.1, -0.05) is 50.3 Å². The molecule has 22 heavy (non-hydrogen) atoms. The van der Waals surface area contributed by atoms with Crippen molar-refractivity contribution in [2.45, 2.75) is 78.2 Å².